The quantitative estimate of drug-likeness (QED) is 0.836. The van der Waals surface area contributed by atoms with E-state index in [0.29, 0.717) is 17.7 Å². The molecule has 0 aromatic heterocycles. The Balaban J connectivity index is 1.88. The lowest BCUT2D eigenvalue weighted by Crippen LogP contribution is -2.30. The molecule has 1 aliphatic heterocycles. The zero-order valence-electron chi connectivity index (χ0n) is 8.73. The second-order valence-corrected chi connectivity index (χ2v) is 6.23. The minimum Gasteiger partial charge on any atom is -0.323 e. The van der Waals surface area contributed by atoms with Crippen LogP contribution in [0.4, 0.5) is 0 Å². The second-order valence-electron chi connectivity index (χ2n) is 4.25. The van der Waals surface area contributed by atoms with Gasteiger partial charge in [0.1, 0.15) is 5.37 Å². The van der Waals surface area contributed by atoms with Crippen LogP contribution in [0, 0.1) is 0 Å². The highest BCUT2D eigenvalue weighted by molar-refractivity contribution is 9.10. The number of hydrogen-bond donors (Lipinski definition) is 0. The van der Waals surface area contributed by atoms with E-state index in [-0.39, 0.29) is 5.37 Å². The first-order valence-electron chi connectivity index (χ1n) is 5.44. The van der Waals surface area contributed by atoms with E-state index in [4.69, 9.17) is 0 Å². The Labute approximate surface area is 108 Å². The van der Waals surface area contributed by atoms with Crippen molar-refractivity contribution < 1.29 is 4.79 Å². The van der Waals surface area contributed by atoms with Gasteiger partial charge in [-0.05, 0) is 30.5 Å². The summed E-state index contributed by atoms with van der Waals surface area (Å²) < 4.78 is 1.09. The van der Waals surface area contributed by atoms with E-state index in [0.717, 1.165) is 4.47 Å². The Bertz CT molecular complexity index is 416. The lowest BCUT2D eigenvalue weighted by atomic mass is 10.2. The van der Waals surface area contributed by atoms with E-state index in [9.17, 15) is 4.79 Å². The second kappa shape index (κ2) is 4.08. The molecule has 0 radical (unpaired) electrons. The van der Waals surface area contributed by atoms with Crippen molar-refractivity contribution in [2.24, 2.45) is 0 Å². The summed E-state index contributed by atoms with van der Waals surface area (Å²) in [6.07, 6.45) is 2.36. The molecule has 0 unspecified atom stereocenters. The fourth-order valence-corrected chi connectivity index (χ4v) is 3.58. The van der Waals surface area contributed by atoms with E-state index >= 15 is 0 Å². The third-order valence-corrected chi connectivity index (χ3v) is 4.76. The van der Waals surface area contributed by atoms with E-state index in [1.165, 1.54) is 18.4 Å². The van der Waals surface area contributed by atoms with Crippen LogP contribution in [0.15, 0.2) is 28.7 Å². The number of rotatable bonds is 2. The van der Waals surface area contributed by atoms with Gasteiger partial charge in [-0.15, -0.1) is 11.8 Å². The van der Waals surface area contributed by atoms with Gasteiger partial charge in [0.05, 0.1) is 5.75 Å². The molecule has 0 spiro atoms. The predicted octanol–water partition coefficient (Wildman–Crippen LogP) is 3.19. The summed E-state index contributed by atoms with van der Waals surface area (Å²) in [5.41, 5.74) is 1.24. The SMILES string of the molecule is O=C1CS[C@@H](c2ccc(Br)cc2)N1C1CC1. The minimum atomic E-state index is 0.244. The molecule has 1 atom stereocenters. The molecule has 1 aromatic carbocycles. The van der Waals surface area contributed by atoms with Gasteiger partial charge in [0.25, 0.3) is 0 Å². The Kier molecular flexibility index (Phi) is 2.72. The number of carbonyl (C=O) groups excluding carboxylic acids is 1. The average Bonchev–Trinajstić information content (AvgIpc) is 3.04. The fraction of sp³-hybridized carbons (Fsp3) is 0.417. The van der Waals surface area contributed by atoms with Crippen molar-refractivity contribution in [3.05, 3.63) is 34.3 Å². The Hall–Kier alpha value is -0.480. The highest BCUT2D eigenvalue weighted by Gasteiger charge is 2.42. The normalized spacial score (nSPS) is 25.2. The van der Waals surface area contributed by atoms with Gasteiger partial charge in [-0.25, -0.2) is 0 Å². The molecule has 84 valence electrons. The molecule has 1 aliphatic carbocycles. The van der Waals surface area contributed by atoms with Gasteiger partial charge >= 0.3 is 0 Å². The standard InChI is InChI=1S/C12H12BrNOS/c13-9-3-1-8(2-4-9)12-14(10-5-6-10)11(15)7-16-12/h1-4,10,12H,5-7H2/t12-/m0/s1. The lowest BCUT2D eigenvalue weighted by Gasteiger charge is -2.23. The molecule has 16 heavy (non-hydrogen) atoms. The third kappa shape index (κ3) is 1.89. The van der Waals surface area contributed by atoms with Crippen LogP contribution in [0.25, 0.3) is 0 Å². The number of thioether (sulfide) groups is 1. The monoisotopic (exact) mass is 297 g/mol. The van der Waals surface area contributed by atoms with Gasteiger partial charge in [-0.1, -0.05) is 28.1 Å². The van der Waals surface area contributed by atoms with Crippen LogP contribution in [0.5, 0.6) is 0 Å². The smallest absolute Gasteiger partial charge is 0.234 e. The van der Waals surface area contributed by atoms with Crippen LogP contribution in [-0.4, -0.2) is 22.6 Å². The molecule has 1 heterocycles. The van der Waals surface area contributed by atoms with Gasteiger partial charge < -0.3 is 4.90 Å². The predicted molar refractivity (Wildman–Crippen MR) is 69.2 cm³/mol. The highest BCUT2D eigenvalue weighted by Crippen LogP contribution is 2.45. The maximum Gasteiger partial charge on any atom is 0.234 e. The lowest BCUT2D eigenvalue weighted by molar-refractivity contribution is -0.128. The summed E-state index contributed by atoms with van der Waals surface area (Å²) >= 11 is 5.18. The first-order chi connectivity index (χ1) is 7.75. The first kappa shape index (κ1) is 10.7. The summed E-state index contributed by atoms with van der Waals surface area (Å²) in [6, 6.07) is 8.81. The van der Waals surface area contributed by atoms with Crippen LogP contribution in [-0.2, 0) is 4.79 Å². The van der Waals surface area contributed by atoms with Crippen LogP contribution in [0.2, 0.25) is 0 Å². The van der Waals surface area contributed by atoms with Crippen molar-refractivity contribution in [1.29, 1.82) is 0 Å². The number of halogens is 1. The van der Waals surface area contributed by atoms with Crippen LogP contribution in [0.1, 0.15) is 23.8 Å². The summed E-state index contributed by atoms with van der Waals surface area (Å²) in [5, 5.41) is 0.244. The first-order valence-corrected chi connectivity index (χ1v) is 7.28. The van der Waals surface area contributed by atoms with Gasteiger partial charge in [0.15, 0.2) is 0 Å². The molecule has 3 rings (SSSR count). The van der Waals surface area contributed by atoms with Gasteiger partial charge in [-0.2, -0.15) is 0 Å². The largest absolute Gasteiger partial charge is 0.323 e. The van der Waals surface area contributed by atoms with E-state index in [2.05, 4.69) is 33.0 Å². The molecule has 2 aliphatic rings. The van der Waals surface area contributed by atoms with E-state index < -0.39 is 0 Å². The molecule has 1 aromatic rings. The van der Waals surface area contributed by atoms with Crippen molar-refractivity contribution >= 4 is 33.6 Å². The van der Waals surface area contributed by atoms with Crippen molar-refractivity contribution in [1.82, 2.24) is 4.90 Å². The molecule has 1 saturated heterocycles. The molecular formula is C12H12BrNOS. The molecule has 2 nitrogen and oxygen atoms in total. The fourth-order valence-electron chi connectivity index (χ4n) is 2.07. The van der Waals surface area contributed by atoms with E-state index in [1.54, 1.807) is 11.8 Å². The maximum absolute atomic E-state index is 11.8. The number of carbonyl (C=O) groups is 1. The highest BCUT2D eigenvalue weighted by atomic mass is 79.9. The van der Waals surface area contributed by atoms with Crippen molar-refractivity contribution in [2.75, 3.05) is 5.75 Å². The summed E-state index contributed by atoms with van der Waals surface area (Å²) in [5.74, 6) is 0.942. The number of nitrogens with zero attached hydrogens (tertiary/aromatic N) is 1. The zero-order chi connectivity index (χ0) is 11.1. The van der Waals surface area contributed by atoms with Gasteiger partial charge in [0, 0.05) is 10.5 Å². The number of amides is 1. The van der Waals surface area contributed by atoms with Crippen LogP contribution in [0.3, 0.4) is 0 Å². The maximum atomic E-state index is 11.8. The van der Waals surface area contributed by atoms with E-state index in [1.807, 2.05) is 12.1 Å². The third-order valence-electron chi connectivity index (χ3n) is 3.00. The summed E-state index contributed by atoms with van der Waals surface area (Å²) in [4.78, 5) is 13.9. The summed E-state index contributed by atoms with van der Waals surface area (Å²) in [7, 11) is 0. The Morgan fingerprint density at radius 3 is 2.56 bits per heavy atom. The van der Waals surface area contributed by atoms with Crippen molar-refractivity contribution in [3.8, 4) is 0 Å². The number of hydrogen-bond acceptors (Lipinski definition) is 2. The zero-order valence-corrected chi connectivity index (χ0v) is 11.1. The van der Waals surface area contributed by atoms with Crippen molar-refractivity contribution in [2.45, 2.75) is 24.3 Å². The topological polar surface area (TPSA) is 20.3 Å². The molecule has 0 N–H and O–H groups in total. The molecule has 1 saturated carbocycles. The average molecular weight is 298 g/mol. The van der Waals surface area contributed by atoms with Gasteiger partial charge in [0.2, 0.25) is 5.91 Å². The molecule has 2 fully saturated rings. The van der Waals surface area contributed by atoms with Gasteiger partial charge in [-0.3, -0.25) is 4.79 Å². The number of benzene rings is 1. The van der Waals surface area contributed by atoms with Crippen LogP contribution >= 0.6 is 27.7 Å². The minimum absolute atomic E-state index is 0.244. The molecule has 1 amide bonds. The molecular weight excluding hydrogens is 286 g/mol. The van der Waals surface area contributed by atoms with Crippen LogP contribution < -0.4 is 0 Å². The Morgan fingerprint density at radius 2 is 1.94 bits per heavy atom. The molecule has 0 bridgehead atoms. The summed E-state index contributed by atoms with van der Waals surface area (Å²) in [6.45, 7) is 0. The van der Waals surface area contributed by atoms with Crippen molar-refractivity contribution in [3.63, 3.8) is 0 Å². The molecule has 4 heteroatoms. The Morgan fingerprint density at radius 1 is 1.25 bits per heavy atom.